The number of aromatic nitrogens is 2. The van der Waals surface area contributed by atoms with E-state index in [0.717, 1.165) is 30.9 Å². The summed E-state index contributed by atoms with van der Waals surface area (Å²) >= 11 is 0. The molecule has 3 rings (SSSR count). The Bertz CT molecular complexity index is 882. The van der Waals surface area contributed by atoms with Crippen LogP contribution in [0.1, 0.15) is 35.8 Å². The van der Waals surface area contributed by atoms with Gasteiger partial charge in [-0.15, -0.1) is 0 Å². The lowest BCUT2D eigenvalue weighted by atomic mass is 10.1. The van der Waals surface area contributed by atoms with E-state index in [-0.39, 0.29) is 17.2 Å². The third-order valence-electron chi connectivity index (χ3n) is 5.02. The van der Waals surface area contributed by atoms with Gasteiger partial charge in [0, 0.05) is 56.7 Å². The summed E-state index contributed by atoms with van der Waals surface area (Å²) in [7, 11) is -1.89. The molecular weight excluding hydrogens is 369 g/mol. The lowest BCUT2D eigenvalue weighted by Gasteiger charge is -2.18. The number of halogens is 1. The molecule has 1 fully saturated rings. The van der Waals surface area contributed by atoms with Gasteiger partial charge in [0.15, 0.2) is 0 Å². The van der Waals surface area contributed by atoms with E-state index in [1.807, 2.05) is 13.1 Å². The van der Waals surface area contributed by atoms with Crippen molar-refractivity contribution in [2.24, 2.45) is 0 Å². The van der Waals surface area contributed by atoms with Gasteiger partial charge in [-0.25, -0.2) is 22.1 Å². The summed E-state index contributed by atoms with van der Waals surface area (Å²) in [6.45, 7) is 4.30. The molecule has 1 atom stereocenters. The Balaban J connectivity index is 1.71. The van der Waals surface area contributed by atoms with E-state index in [1.54, 1.807) is 19.2 Å². The van der Waals surface area contributed by atoms with Crippen molar-refractivity contribution < 1.29 is 17.5 Å². The van der Waals surface area contributed by atoms with Gasteiger partial charge >= 0.3 is 0 Å². The molecule has 0 saturated carbocycles. The second kappa shape index (κ2) is 8.50. The molecule has 6 nitrogen and oxygen atoms in total. The molecule has 1 aromatic carbocycles. The number of ether oxygens (including phenoxy) is 1. The standard InChI is InChI=1S/C19H26FN3O3S/c1-15-12-21-19(23(15)9-5-11-26-2)16-8-10-22(13-16)27(24,25)14-17-6-3-4-7-18(17)20/h3-4,6-7,12,16H,5,8-11,13-14H2,1-2H3. The predicted octanol–water partition coefficient (Wildman–Crippen LogP) is 2.69. The van der Waals surface area contributed by atoms with Crippen LogP contribution < -0.4 is 0 Å². The van der Waals surface area contributed by atoms with E-state index in [9.17, 15) is 12.8 Å². The van der Waals surface area contributed by atoms with Crippen LogP contribution in [0.5, 0.6) is 0 Å². The number of hydrogen-bond acceptors (Lipinski definition) is 4. The van der Waals surface area contributed by atoms with Crippen LogP contribution in [0.3, 0.4) is 0 Å². The molecule has 0 amide bonds. The van der Waals surface area contributed by atoms with E-state index < -0.39 is 15.8 Å². The minimum atomic E-state index is -3.57. The zero-order valence-corrected chi connectivity index (χ0v) is 16.6. The molecule has 27 heavy (non-hydrogen) atoms. The van der Waals surface area contributed by atoms with Crippen LogP contribution in [0.15, 0.2) is 30.5 Å². The molecule has 0 bridgehead atoms. The first-order chi connectivity index (χ1) is 12.9. The Hall–Kier alpha value is -1.77. The third-order valence-corrected chi connectivity index (χ3v) is 6.82. The molecule has 8 heteroatoms. The average molecular weight is 396 g/mol. The summed E-state index contributed by atoms with van der Waals surface area (Å²) in [5.41, 5.74) is 1.27. The Kier molecular flexibility index (Phi) is 6.29. The summed E-state index contributed by atoms with van der Waals surface area (Å²) in [6, 6.07) is 6.02. The number of rotatable bonds is 8. The zero-order chi connectivity index (χ0) is 19.4. The SMILES string of the molecule is COCCCn1c(C)cnc1C1CCN(S(=O)(=O)Cc2ccccc2F)C1. The highest BCUT2D eigenvalue weighted by molar-refractivity contribution is 7.88. The summed E-state index contributed by atoms with van der Waals surface area (Å²) in [5, 5.41) is 0. The first-order valence-corrected chi connectivity index (χ1v) is 10.8. The fourth-order valence-corrected chi connectivity index (χ4v) is 5.16. The van der Waals surface area contributed by atoms with Gasteiger partial charge in [-0.3, -0.25) is 0 Å². The largest absolute Gasteiger partial charge is 0.385 e. The van der Waals surface area contributed by atoms with Crippen LogP contribution in [0.25, 0.3) is 0 Å². The third kappa shape index (κ3) is 4.56. The highest BCUT2D eigenvalue weighted by atomic mass is 32.2. The van der Waals surface area contributed by atoms with Crippen molar-refractivity contribution in [3.63, 3.8) is 0 Å². The molecule has 1 aromatic heterocycles. The van der Waals surface area contributed by atoms with E-state index in [0.29, 0.717) is 19.7 Å². The van der Waals surface area contributed by atoms with Crippen molar-refractivity contribution in [1.82, 2.24) is 13.9 Å². The Morgan fingerprint density at radius 2 is 2.11 bits per heavy atom. The van der Waals surface area contributed by atoms with Gasteiger partial charge in [0.05, 0.1) is 5.75 Å². The smallest absolute Gasteiger partial charge is 0.218 e. The maximum absolute atomic E-state index is 13.8. The number of hydrogen-bond donors (Lipinski definition) is 0. The minimum absolute atomic E-state index is 0.0524. The monoisotopic (exact) mass is 395 g/mol. The number of sulfonamides is 1. The molecule has 0 N–H and O–H groups in total. The van der Waals surface area contributed by atoms with Gasteiger partial charge in [-0.05, 0) is 25.8 Å². The van der Waals surface area contributed by atoms with Gasteiger partial charge in [-0.2, -0.15) is 0 Å². The van der Waals surface area contributed by atoms with E-state index in [2.05, 4.69) is 9.55 Å². The molecule has 2 heterocycles. The highest BCUT2D eigenvalue weighted by Gasteiger charge is 2.34. The van der Waals surface area contributed by atoms with Gasteiger partial charge < -0.3 is 9.30 Å². The number of imidazole rings is 1. The van der Waals surface area contributed by atoms with Gasteiger partial charge in [-0.1, -0.05) is 18.2 Å². The van der Waals surface area contributed by atoms with Gasteiger partial charge in [0.25, 0.3) is 0 Å². The summed E-state index contributed by atoms with van der Waals surface area (Å²) < 4.78 is 48.1. The molecule has 1 unspecified atom stereocenters. The molecule has 2 aromatic rings. The second-order valence-electron chi connectivity index (χ2n) is 6.95. The maximum atomic E-state index is 13.8. The fraction of sp³-hybridized carbons (Fsp3) is 0.526. The molecule has 148 valence electrons. The summed E-state index contributed by atoms with van der Waals surface area (Å²) in [5.74, 6) is 0.179. The Morgan fingerprint density at radius 3 is 2.85 bits per heavy atom. The average Bonchev–Trinajstić information content (AvgIpc) is 3.25. The molecule has 0 aliphatic carbocycles. The molecule has 0 spiro atoms. The van der Waals surface area contributed by atoms with Crippen LogP contribution >= 0.6 is 0 Å². The highest BCUT2D eigenvalue weighted by Crippen LogP contribution is 2.30. The quantitative estimate of drug-likeness (QED) is 0.645. The topological polar surface area (TPSA) is 64.4 Å². The van der Waals surface area contributed by atoms with Crippen molar-refractivity contribution in [2.75, 3.05) is 26.8 Å². The van der Waals surface area contributed by atoms with Crippen LogP contribution in [0.2, 0.25) is 0 Å². The van der Waals surface area contributed by atoms with Crippen molar-refractivity contribution in [2.45, 2.75) is 38.0 Å². The molecule has 1 saturated heterocycles. The van der Waals surface area contributed by atoms with Gasteiger partial charge in [0.1, 0.15) is 11.6 Å². The van der Waals surface area contributed by atoms with Crippen LogP contribution in [-0.2, 0) is 27.1 Å². The van der Waals surface area contributed by atoms with Gasteiger partial charge in [0.2, 0.25) is 10.0 Å². The first-order valence-electron chi connectivity index (χ1n) is 9.14. The van der Waals surface area contributed by atoms with E-state index >= 15 is 0 Å². The lowest BCUT2D eigenvalue weighted by Crippen LogP contribution is -2.30. The van der Waals surface area contributed by atoms with E-state index in [4.69, 9.17) is 4.74 Å². The number of benzene rings is 1. The number of methoxy groups -OCH3 is 1. The first kappa shape index (κ1) is 20.0. The molecular formula is C19H26FN3O3S. The molecule has 0 radical (unpaired) electrons. The second-order valence-corrected chi connectivity index (χ2v) is 8.92. The lowest BCUT2D eigenvalue weighted by molar-refractivity contribution is 0.189. The Labute approximate surface area is 160 Å². The summed E-state index contributed by atoms with van der Waals surface area (Å²) in [6.07, 6.45) is 3.43. The number of nitrogens with zero attached hydrogens (tertiary/aromatic N) is 3. The van der Waals surface area contributed by atoms with Crippen LogP contribution in [0.4, 0.5) is 4.39 Å². The zero-order valence-electron chi connectivity index (χ0n) is 15.8. The normalized spacial score (nSPS) is 18.3. The van der Waals surface area contributed by atoms with Crippen molar-refractivity contribution in [3.8, 4) is 0 Å². The minimum Gasteiger partial charge on any atom is -0.385 e. The fourth-order valence-electron chi connectivity index (χ4n) is 3.56. The molecule has 1 aliphatic heterocycles. The van der Waals surface area contributed by atoms with Crippen LogP contribution in [-0.4, -0.2) is 49.1 Å². The van der Waals surface area contributed by atoms with Crippen molar-refractivity contribution in [1.29, 1.82) is 0 Å². The Morgan fingerprint density at radius 1 is 1.33 bits per heavy atom. The molecule has 1 aliphatic rings. The van der Waals surface area contributed by atoms with E-state index in [1.165, 1.54) is 16.4 Å². The maximum Gasteiger partial charge on any atom is 0.218 e. The van der Waals surface area contributed by atoms with Crippen molar-refractivity contribution in [3.05, 3.63) is 53.4 Å². The summed E-state index contributed by atoms with van der Waals surface area (Å²) in [4.78, 5) is 4.53. The number of aryl methyl sites for hydroxylation is 1. The van der Waals surface area contributed by atoms with Crippen molar-refractivity contribution >= 4 is 10.0 Å². The predicted molar refractivity (Wildman–Crippen MR) is 101 cm³/mol. The van der Waals surface area contributed by atoms with Crippen LogP contribution in [0, 0.1) is 12.7 Å².